The number of carbonyl (C=O) groups is 2. The number of ether oxygens (including phenoxy) is 1. The number of hydrogen-bond acceptors (Lipinski definition) is 3. The molecule has 0 saturated carbocycles. The predicted molar refractivity (Wildman–Crippen MR) is 64.4 cm³/mol. The Morgan fingerprint density at radius 2 is 2.29 bits per heavy atom. The lowest BCUT2D eigenvalue weighted by molar-refractivity contribution is -0.119. The normalized spacial score (nSPS) is 18.7. The molecule has 2 rings (SSSR count). The van der Waals surface area contributed by atoms with Crippen molar-refractivity contribution in [3.63, 3.8) is 0 Å². The van der Waals surface area contributed by atoms with E-state index in [1.165, 1.54) is 0 Å². The number of hydrogen-bond donors (Lipinski definition) is 1. The third-order valence-electron chi connectivity index (χ3n) is 2.82. The van der Waals surface area contributed by atoms with Crippen LogP contribution >= 0.6 is 0 Å². The lowest BCUT2D eigenvalue weighted by atomic mass is 10.1. The van der Waals surface area contributed by atoms with Gasteiger partial charge in [0.05, 0.1) is 18.2 Å². The van der Waals surface area contributed by atoms with Crippen molar-refractivity contribution in [3.8, 4) is 5.75 Å². The molecule has 4 heteroatoms. The first-order valence-corrected chi connectivity index (χ1v) is 5.72. The summed E-state index contributed by atoms with van der Waals surface area (Å²) in [6.45, 7) is 3.98. The fourth-order valence-electron chi connectivity index (χ4n) is 1.68. The third-order valence-corrected chi connectivity index (χ3v) is 2.82. The Bertz CT molecular complexity index is 468. The Hall–Kier alpha value is -1.84. The molecule has 1 amide bonds. The minimum Gasteiger partial charge on any atom is -0.491 e. The highest BCUT2D eigenvalue weighted by molar-refractivity contribution is 6.00. The standard InChI is InChI=1S/C13H15NO3/c1-3-11(15)9-4-5-12-10(6-9)14-13(16)8(2)7-17-12/h4-6,8H,3,7H2,1-2H3,(H,14,16). The van der Waals surface area contributed by atoms with E-state index >= 15 is 0 Å². The molecule has 1 aromatic rings. The van der Waals surface area contributed by atoms with Gasteiger partial charge in [-0.15, -0.1) is 0 Å². The van der Waals surface area contributed by atoms with Crippen LogP contribution in [0.4, 0.5) is 5.69 Å². The van der Waals surface area contributed by atoms with Gasteiger partial charge in [-0.25, -0.2) is 0 Å². The number of carbonyl (C=O) groups excluding carboxylic acids is 2. The fourth-order valence-corrected chi connectivity index (χ4v) is 1.68. The summed E-state index contributed by atoms with van der Waals surface area (Å²) in [7, 11) is 0. The van der Waals surface area contributed by atoms with Crippen LogP contribution in [0.1, 0.15) is 30.6 Å². The van der Waals surface area contributed by atoms with E-state index in [0.717, 1.165) is 0 Å². The first-order valence-electron chi connectivity index (χ1n) is 5.72. The maximum atomic E-state index is 11.7. The van der Waals surface area contributed by atoms with Crippen molar-refractivity contribution in [2.75, 3.05) is 11.9 Å². The topological polar surface area (TPSA) is 55.4 Å². The van der Waals surface area contributed by atoms with Gasteiger partial charge in [0, 0.05) is 12.0 Å². The quantitative estimate of drug-likeness (QED) is 0.797. The van der Waals surface area contributed by atoms with E-state index in [-0.39, 0.29) is 17.6 Å². The molecule has 1 heterocycles. The van der Waals surface area contributed by atoms with Crippen LogP contribution in [0.25, 0.3) is 0 Å². The Morgan fingerprint density at radius 1 is 1.53 bits per heavy atom. The van der Waals surface area contributed by atoms with Crippen molar-refractivity contribution in [3.05, 3.63) is 23.8 Å². The summed E-state index contributed by atoms with van der Waals surface area (Å²) in [5.74, 6) is 0.410. The molecular weight excluding hydrogens is 218 g/mol. The van der Waals surface area contributed by atoms with E-state index < -0.39 is 0 Å². The number of amides is 1. The van der Waals surface area contributed by atoms with Crippen molar-refractivity contribution >= 4 is 17.4 Å². The fraction of sp³-hybridized carbons (Fsp3) is 0.385. The molecule has 0 aliphatic carbocycles. The Labute approximate surface area is 100.0 Å². The third kappa shape index (κ3) is 2.30. The zero-order valence-corrected chi connectivity index (χ0v) is 9.95. The number of ketones is 1. The van der Waals surface area contributed by atoms with E-state index in [9.17, 15) is 9.59 Å². The zero-order valence-electron chi connectivity index (χ0n) is 9.95. The Balaban J connectivity index is 2.35. The first kappa shape index (κ1) is 11.6. The Morgan fingerprint density at radius 3 is 3.00 bits per heavy atom. The molecule has 0 spiro atoms. The summed E-state index contributed by atoms with van der Waals surface area (Å²) < 4.78 is 5.50. The van der Waals surface area contributed by atoms with Crippen LogP contribution in [-0.4, -0.2) is 18.3 Å². The summed E-state index contributed by atoms with van der Waals surface area (Å²) in [5, 5.41) is 2.78. The molecule has 1 aliphatic heterocycles. The lowest BCUT2D eigenvalue weighted by Crippen LogP contribution is -2.22. The first-order chi connectivity index (χ1) is 8.11. The number of fused-ring (bicyclic) bond motifs is 1. The molecule has 1 aromatic carbocycles. The van der Waals surface area contributed by atoms with Crippen molar-refractivity contribution in [1.29, 1.82) is 0 Å². The summed E-state index contributed by atoms with van der Waals surface area (Å²) in [6, 6.07) is 5.14. The van der Waals surface area contributed by atoms with Crippen molar-refractivity contribution < 1.29 is 14.3 Å². The predicted octanol–water partition coefficient (Wildman–Crippen LogP) is 2.25. The lowest BCUT2D eigenvalue weighted by Gasteiger charge is -2.08. The van der Waals surface area contributed by atoms with Gasteiger partial charge in [0.1, 0.15) is 5.75 Å². The molecule has 0 saturated heterocycles. The van der Waals surface area contributed by atoms with Crippen LogP contribution in [0, 0.1) is 5.92 Å². The van der Waals surface area contributed by atoms with E-state index in [1.807, 2.05) is 6.92 Å². The summed E-state index contributed by atoms with van der Waals surface area (Å²) >= 11 is 0. The molecule has 1 unspecified atom stereocenters. The monoisotopic (exact) mass is 233 g/mol. The van der Waals surface area contributed by atoms with Crippen LogP contribution in [-0.2, 0) is 4.79 Å². The van der Waals surface area contributed by atoms with Crippen LogP contribution in [0.5, 0.6) is 5.75 Å². The van der Waals surface area contributed by atoms with Gasteiger partial charge in [0.2, 0.25) is 5.91 Å². The second kappa shape index (κ2) is 4.57. The van der Waals surface area contributed by atoms with Crippen LogP contribution in [0.2, 0.25) is 0 Å². The van der Waals surface area contributed by atoms with Crippen molar-refractivity contribution in [1.82, 2.24) is 0 Å². The van der Waals surface area contributed by atoms with E-state index in [0.29, 0.717) is 30.0 Å². The minimum atomic E-state index is -0.187. The van der Waals surface area contributed by atoms with Crippen LogP contribution in [0.15, 0.2) is 18.2 Å². The van der Waals surface area contributed by atoms with Gasteiger partial charge in [-0.3, -0.25) is 9.59 Å². The largest absolute Gasteiger partial charge is 0.491 e. The summed E-state index contributed by atoms with van der Waals surface area (Å²) in [4.78, 5) is 23.2. The second-order valence-electron chi connectivity index (χ2n) is 4.19. The molecule has 0 aromatic heterocycles. The maximum absolute atomic E-state index is 11.7. The average molecular weight is 233 g/mol. The number of Topliss-reactive ketones (excluding diaryl/α,β-unsaturated/α-hetero) is 1. The summed E-state index contributed by atoms with van der Waals surface area (Å²) in [6.07, 6.45) is 0.448. The van der Waals surface area contributed by atoms with E-state index in [2.05, 4.69) is 5.32 Å². The van der Waals surface area contributed by atoms with Gasteiger partial charge in [0.25, 0.3) is 0 Å². The van der Waals surface area contributed by atoms with Gasteiger partial charge >= 0.3 is 0 Å². The highest BCUT2D eigenvalue weighted by atomic mass is 16.5. The molecular formula is C13H15NO3. The molecule has 0 radical (unpaired) electrons. The molecule has 1 N–H and O–H groups in total. The molecule has 1 atom stereocenters. The van der Waals surface area contributed by atoms with Crippen molar-refractivity contribution in [2.24, 2.45) is 5.92 Å². The van der Waals surface area contributed by atoms with Crippen LogP contribution < -0.4 is 10.1 Å². The number of nitrogens with one attached hydrogen (secondary N) is 1. The molecule has 90 valence electrons. The number of benzene rings is 1. The SMILES string of the molecule is CCC(=O)c1ccc2c(c1)NC(=O)C(C)CO2. The van der Waals surface area contributed by atoms with E-state index in [4.69, 9.17) is 4.74 Å². The van der Waals surface area contributed by atoms with Gasteiger partial charge in [-0.2, -0.15) is 0 Å². The van der Waals surface area contributed by atoms with Gasteiger partial charge in [0.15, 0.2) is 5.78 Å². The van der Waals surface area contributed by atoms with Crippen molar-refractivity contribution in [2.45, 2.75) is 20.3 Å². The van der Waals surface area contributed by atoms with E-state index in [1.54, 1.807) is 25.1 Å². The number of anilines is 1. The number of rotatable bonds is 2. The minimum absolute atomic E-state index is 0.0549. The smallest absolute Gasteiger partial charge is 0.230 e. The second-order valence-corrected chi connectivity index (χ2v) is 4.19. The summed E-state index contributed by atoms with van der Waals surface area (Å²) in [5.41, 5.74) is 1.18. The average Bonchev–Trinajstić information content (AvgIpc) is 2.48. The molecule has 17 heavy (non-hydrogen) atoms. The maximum Gasteiger partial charge on any atom is 0.230 e. The van der Waals surface area contributed by atoms with Gasteiger partial charge < -0.3 is 10.1 Å². The molecule has 0 bridgehead atoms. The highest BCUT2D eigenvalue weighted by Crippen LogP contribution is 2.29. The zero-order chi connectivity index (χ0) is 12.4. The Kier molecular flexibility index (Phi) is 3.13. The van der Waals surface area contributed by atoms with Crippen LogP contribution in [0.3, 0.4) is 0 Å². The molecule has 0 fully saturated rings. The van der Waals surface area contributed by atoms with Gasteiger partial charge in [-0.05, 0) is 18.2 Å². The molecule has 4 nitrogen and oxygen atoms in total. The highest BCUT2D eigenvalue weighted by Gasteiger charge is 2.21. The van der Waals surface area contributed by atoms with Gasteiger partial charge in [-0.1, -0.05) is 13.8 Å². The molecule has 1 aliphatic rings.